The largest absolute Gasteiger partial charge is 0.264 e. The first-order chi connectivity index (χ1) is 7.86. The second-order valence-corrected chi connectivity index (χ2v) is 6.08. The van der Waals surface area contributed by atoms with Gasteiger partial charge < -0.3 is 0 Å². The van der Waals surface area contributed by atoms with Crippen LogP contribution >= 0.6 is 10.7 Å². The molecule has 0 aliphatic carbocycles. The lowest BCUT2D eigenvalue weighted by molar-refractivity contribution is 0.609. The van der Waals surface area contributed by atoms with Gasteiger partial charge in [-0.1, -0.05) is 0 Å². The average molecular weight is 273 g/mol. The fourth-order valence-electron chi connectivity index (χ4n) is 1.35. The van der Waals surface area contributed by atoms with Crippen LogP contribution in [-0.4, -0.2) is 28.2 Å². The maximum atomic E-state index is 11.1. The van der Waals surface area contributed by atoms with E-state index in [1.807, 2.05) is 19.9 Å². The molecular formula is C9H9ClN4O2S. The minimum absolute atomic E-state index is 0.0816. The molecule has 0 saturated heterocycles. The fourth-order valence-corrected chi connectivity index (χ4v) is 1.99. The third-order valence-electron chi connectivity index (χ3n) is 2.02. The summed E-state index contributed by atoms with van der Waals surface area (Å²) in [5.74, 6) is 0.314. The van der Waals surface area contributed by atoms with E-state index >= 15 is 0 Å². The molecule has 6 nitrogen and oxygen atoms in total. The highest BCUT2D eigenvalue weighted by Crippen LogP contribution is 2.14. The van der Waals surface area contributed by atoms with Crippen LogP contribution in [0.15, 0.2) is 23.4 Å². The molecule has 90 valence electrons. The van der Waals surface area contributed by atoms with Gasteiger partial charge in [-0.25, -0.2) is 23.1 Å². The molecule has 0 unspecified atom stereocenters. The van der Waals surface area contributed by atoms with Crippen LogP contribution in [0.5, 0.6) is 0 Å². The van der Waals surface area contributed by atoms with Gasteiger partial charge in [0.15, 0.2) is 0 Å². The summed E-state index contributed by atoms with van der Waals surface area (Å²) in [5.41, 5.74) is 1.55. The van der Waals surface area contributed by atoms with E-state index in [0.717, 1.165) is 17.6 Å². The molecule has 0 aliphatic rings. The van der Waals surface area contributed by atoms with Crippen LogP contribution in [0.3, 0.4) is 0 Å². The first-order valence-corrected chi connectivity index (χ1v) is 6.99. The Balaban J connectivity index is 2.51. The molecule has 0 fully saturated rings. The van der Waals surface area contributed by atoms with E-state index in [-0.39, 0.29) is 4.90 Å². The van der Waals surface area contributed by atoms with Gasteiger partial charge in [-0.15, -0.1) is 0 Å². The smallest absolute Gasteiger partial charge is 0.216 e. The maximum Gasteiger partial charge on any atom is 0.264 e. The summed E-state index contributed by atoms with van der Waals surface area (Å²) in [4.78, 5) is 8.22. The Morgan fingerprint density at radius 3 is 2.29 bits per heavy atom. The molecule has 0 amide bonds. The number of nitrogens with zero attached hydrogens (tertiary/aromatic N) is 4. The van der Waals surface area contributed by atoms with Gasteiger partial charge in [-0.05, 0) is 19.9 Å². The van der Waals surface area contributed by atoms with E-state index in [1.54, 1.807) is 0 Å². The van der Waals surface area contributed by atoms with Crippen LogP contribution < -0.4 is 0 Å². The quantitative estimate of drug-likeness (QED) is 0.768. The number of aryl methyl sites for hydroxylation is 2. The van der Waals surface area contributed by atoms with E-state index in [9.17, 15) is 8.42 Å². The fraction of sp³-hybridized carbons (Fsp3) is 0.222. The van der Waals surface area contributed by atoms with Gasteiger partial charge in [-0.3, -0.25) is 0 Å². The monoisotopic (exact) mass is 272 g/mol. The first kappa shape index (κ1) is 12.0. The first-order valence-electron chi connectivity index (χ1n) is 4.68. The third kappa shape index (κ3) is 2.62. The van der Waals surface area contributed by atoms with Crippen LogP contribution in [0.2, 0.25) is 0 Å². The van der Waals surface area contributed by atoms with Crippen LogP contribution in [0, 0.1) is 13.8 Å². The van der Waals surface area contributed by atoms with Gasteiger partial charge >= 0.3 is 0 Å². The second kappa shape index (κ2) is 4.08. The molecule has 0 aliphatic heterocycles. The number of hydrogen-bond donors (Lipinski definition) is 0. The highest BCUT2D eigenvalue weighted by Gasteiger charge is 2.14. The zero-order valence-corrected chi connectivity index (χ0v) is 10.7. The van der Waals surface area contributed by atoms with E-state index in [2.05, 4.69) is 15.1 Å². The minimum Gasteiger partial charge on any atom is -0.216 e. The molecule has 2 aromatic rings. The topological polar surface area (TPSA) is 77.7 Å². The van der Waals surface area contributed by atoms with Gasteiger partial charge in [0, 0.05) is 22.1 Å². The summed E-state index contributed by atoms with van der Waals surface area (Å²) in [6, 6.07) is 1.81. The van der Waals surface area contributed by atoms with Crippen molar-refractivity contribution in [2.75, 3.05) is 0 Å². The molecule has 0 bridgehead atoms. The Morgan fingerprint density at radius 2 is 1.82 bits per heavy atom. The van der Waals surface area contributed by atoms with Crippen molar-refractivity contribution in [2.24, 2.45) is 0 Å². The summed E-state index contributed by atoms with van der Waals surface area (Å²) < 4.78 is 23.4. The van der Waals surface area contributed by atoms with Crippen molar-refractivity contribution in [2.45, 2.75) is 18.7 Å². The number of aromatic nitrogens is 4. The normalized spacial score (nSPS) is 11.7. The third-order valence-corrected chi connectivity index (χ3v) is 3.32. The van der Waals surface area contributed by atoms with Gasteiger partial charge in [0.1, 0.15) is 4.90 Å². The van der Waals surface area contributed by atoms with Gasteiger partial charge in [0.2, 0.25) is 0 Å². The Morgan fingerprint density at radius 1 is 1.24 bits per heavy atom. The van der Waals surface area contributed by atoms with Crippen molar-refractivity contribution in [1.82, 2.24) is 19.7 Å². The van der Waals surface area contributed by atoms with Gasteiger partial charge in [0.05, 0.1) is 12.4 Å². The van der Waals surface area contributed by atoms with E-state index in [0.29, 0.717) is 5.95 Å². The lowest BCUT2D eigenvalue weighted by atomic mass is 10.4. The van der Waals surface area contributed by atoms with Gasteiger partial charge in [0.25, 0.3) is 15.0 Å². The van der Waals surface area contributed by atoms with Crippen molar-refractivity contribution in [3.63, 3.8) is 0 Å². The number of hydrogen-bond acceptors (Lipinski definition) is 5. The number of rotatable bonds is 2. The molecule has 2 rings (SSSR count). The zero-order chi connectivity index (χ0) is 12.6. The molecule has 2 aromatic heterocycles. The molecule has 0 saturated carbocycles. The van der Waals surface area contributed by atoms with E-state index < -0.39 is 9.05 Å². The lowest BCUT2D eigenvalue weighted by Gasteiger charge is -2.01. The van der Waals surface area contributed by atoms with Crippen molar-refractivity contribution in [3.8, 4) is 5.95 Å². The Hall–Kier alpha value is -1.47. The average Bonchev–Trinajstić information content (AvgIpc) is 2.63. The molecule has 2 heterocycles. The van der Waals surface area contributed by atoms with Crippen molar-refractivity contribution < 1.29 is 8.42 Å². The highest BCUT2D eigenvalue weighted by molar-refractivity contribution is 8.13. The van der Waals surface area contributed by atoms with Crippen LogP contribution in [-0.2, 0) is 9.05 Å². The standard InChI is InChI=1S/C9H9ClN4O2S/c1-6-3-7(2)13-9(12-6)14-5-8(4-11-14)17(10,15)16/h3-5H,1-2H3. The van der Waals surface area contributed by atoms with E-state index in [1.165, 1.54) is 10.9 Å². The summed E-state index contributed by atoms with van der Waals surface area (Å²) in [6.45, 7) is 3.64. The van der Waals surface area contributed by atoms with Crippen LogP contribution in [0.1, 0.15) is 11.4 Å². The maximum absolute atomic E-state index is 11.1. The SMILES string of the molecule is Cc1cc(C)nc(-n2cc(S(=O)(=O)Cl)cn2)n1. The lowest BCUT2D eigenvalue weighted by Crippen LogP contribution is -2.04. The Kier molecular flexibility index (Phi) is 2.88. The van der Waals surface area contributed by atoms with E-state index in [4.69, 9.17) is 10.7 Å². The Bertz CT molecular complexity index is 645. The molecule has 0 aromatic carbocycles. The predicted octanol–water partition coefficient (Wildman–Crippen LogP) is 1.21. The van der Waals surface area contributed by atoms with Crippen molar-refractivity contribution in [3.05, 3.63) is 29.8 Å². The number of halogens is 1. The molecule has 0 radical (unpaired) electrons. The summed E-state index contributed by atoms with van der Waals surface area (Å²) in [7, 11) is 1.42. The molecule has 17 heavy (non-hydrogen) atoms. The molecule has 0 atom stereocenters. The van der Waals surface area contributed by atoms with Crippen molar-refractivity contribution >= 4 is 19.7 Å². The summed E-state index contributed by atoms with van der Waals surface area (Å²) >= 11 is 0. The summed E-state index contributed by atoms with van der Waals surface area (Å²) in [6.07, 6.45) is 2.43. The predicted molar refractivity (Wildman–Crippen MR) is 61.7 cm³/mol. The highest BCUT2D eigenvalue weighted by atomic mass is 35.7. The molecule has 8 heteroatoms. The molecule has 0 N–H and O–H groups in total. The minimum atomic E-state index is -3.78. The Labute approximate surface area is 103 Å². The van der Waals surface area contributed by atoms with Gasteiger partial charge in [-0.2, -0.15) is 5.10 Å². The van der Waals surface area contributed by atoms with Crippen LogP contribution in [0.25, 0.3) is 5.95 Å². The zero-order valence-electron chi connectivity index (χ0n) is 9.12. The molecular weight excluding hydrogens is 264 g/mol. The van der Waals surface area contributed by atoms with Crippen LogP contribution in [0.4, 0.5) is 0 Å². The second-order valence-electron chi connectivity index (χ2n) is 3.51. The molecule has 0 spiro atoms. The summed E-state index contributed by atoms with van der Waals surface area (Å²) in [5, 5.41) is 3.86. The van der Waals surface area contributed by atoms with Crippen molar-refractivity contribution in [1.29, 1.82) is 0 Å².